The molecule has 0 unspecified atom stereocenters. The van der Waals surface area contributed by atoms with Crippen molar-refractivity contribution in [3.63, 3.8) is 0 Å². The Bertz CT molecular complexity index is 650. The number of hydrogen-bond acceptors (Lipinski definition) is 5. The van der Waals surface area contributed by atoms with Gasteiger partial charge < -0.3 is 4.74 Å². The van der Waals surface area contributed by atoms with Crippen molar-refractivity contribution in [3.8, 4) is 0 Å². The second-order valence-corrected chi connectivity index (χ2v) is 8.16. The third kappa shape index (κ3) is 4.31. The molecule has 0 N–H and O–H groups in total. The number of carbonyl (C=O) groups excluding carboxylic acids is 1. The number of carbonyl (C=O) groups is 1. The molecule has 6 nitrogen and oxygen atoms in total. The minimum atomic E-state index is -3.41. The summed E-state index contributed by atoms with van der Waals surface area (Å²) in [4.78, 5) is 14.1. The van der Waals surface area contributed by atoms with Gasteiger partial charge in [0.05, 0.1) is 17.9 Å². The Morgan fingerprint density at radius 1 is 1.30 bits per heavy atom. The molecule has 0 amide bonds. The van der Waals surface area contributed by atoms with Gasteiger partial charge in [0.25, 0.3) is 0 Å². The number of esters is 1. The zero-order valence-corrected chi connectivity index (χ0v) is 14.7. The van der Waals surface area contributed by atoms with Gasteiger partial charge in [-0.05, 0) is 43.6 Å². The first-order valence-corrected chi connectivity index (χ1v) is 9.10. The quantitative estimate of drug-likeness (QED) is 0.757. The predicted octanol–water partition coefficient (Wildman–Crippen LogP) is 1.32. The maximum absolute atomic E-state index is 12.2. The molecule has 1 aliphatic rings. The molecule has 1 aliphatic heterocycles. The van der Waals surface area contributed by atoms with Crippen molar-refractivity contribution >= 4 is 16.0 Å². The van der Waals surface area contributed by atoms with Gasteiger partial charge in [-0.1, -0.05) is 12.1 Å². The fourth-order valence-electron chi connectivity index (χ4n) is 2.77. The third-order valence-corrected chi connectivity index (χ3v) is 6.02. The average molecular weight is 340 g/mol. The van der Waals surface area contributed by atoms with E-state index in [1.807, 2.05) is 6.07 Å². The van der Waals surface area contributed by atoms with Gasteiger partial charge in [-0.3, -0.25) is 9.69 Å². The van der Waals surface area contributed by atoms with Crippen molar-refractivity contribution in [1.82, 2.24) is 9.21 Å². The SMILES string of the molecule is COC(=O)C1CCN(Cc2cccc(S(=O)(=O)N(C)C)c2)CC1. The summed E-state index contributed by atoms with van der Waals surface area (Å²) in [6.45, 7) is 2.31. The number of ether oxygens (including phenoxy) is 1. The Labute approximate surface area is 138 Å². The van der Waals surface area contributed by atoms with Crippen LogP contribution < -0.4 is 0 Å². The maximum atomic E-state index is 12.2. The van der Waals surface area contributed by atoms with E-state index in [2.05, 4.69) is 4.90 Å². The average Bonchev–Trinajstić information content (AvgIpc) is 2.55. The Balaban J connectivity index is 2.01. The summed E-state index contributed by atoms with van der Waals surface area (Å²) in [6, 6.07) is 7.04. The molecular formula is C16H24N2O4S. The molecule has 0 atom stereocenters. The van der Waals surface area contributed by atoms with Gasteiger partial charge in [0.2, 0.25) is 10.0 Å². The van der Waals surface area contributed by atoms with Crippen molar-refractivity contribution in [2.24, 2.45) is 5.92 Å². The van der Waals surface area contributed by atoms with Crippen molar-refractivity contribution in [2.45, 2.75) is 24.3 Å². The molecule has 0 radical (unpaired) electrons. The highest BCUT2D eigenvalue weighted by molar-refractivity contribution is 7.89. The molecule has 128 valence electrons. The fraction of sp³-hybridized carbons (Fsp3) is 0.562. The highest BCUT2D eigenvalue weighted by Gasteiger charge is 2.25. The largest absolute Gasteiger partial charge is 0.469 e. The molecule has 2 rings (SSSR count). The lowest BCUT2D eigenvalue weighted by Gasteiger charge is -2.30. The smallest absolute Gasteiger partial charge is 0.308 e. The van der Waals surface area contributed by atoms with Gasteiger partial charge >= 0.3 is 5.97 Å². The lowest BCUT2D eigenvalue weighted by Crippen LogP contribution is -2.36. The molecule has 1 aromatic carbocycles. The van der Waals surface area contributed by atoms with Crippen molar-refractivity contribution in [2.75, 3.05) is 34.3 Å². The second kappa shape index (κ2) is 7.42. The van der Waals surface area contributed by atoms with Crippen LogP contribution in [0.25, 0.3) is 0 Å². The number of piperidine rings is 1. The first-order valence-electron chi connectivity index (χ1n) is 7.66. The summed E-state index contributed by atoms with van der Waals surface area (Å²) < 4.78 is 30.4. The van der Waals surface area contributed by atoms with Crippen LogP contribution in [0.4, 0.5) is 0 Å². The van der Waals surface area contributed by atoms with Crippen LogP contribution in [0.15, 0.2) is 29.2 Å². The van der Waals surface area contributed by atoms with E-state index < -0.39 is 10.0 Å². The van der Waals surface area contributed by atoms with E-state index in [1.54, 1.807) is 18.2 Å². The third-order valence-electron chi connectivity index (χ3n) is 4.21. The number of methoxy groups -OCH3 is 1. The van der Waals surface area contributed by atoms with Crippen LogP contribution in [0.5, 0.6) is 0 Å². The molecule has 0 spiro atoms. The topological polar surface area (TPSA) is 66.9 Å². The number of likely N-dealkylation sites (tertiary alicyclic amines) is 1. The van der Waals surface area contributed by atoms with Crippen LogP contribution in [0.2, 0.25) is 0 Å². The highest BCUT2D eigenvalue weighted by Crippen LogP contribution is 2.21. The van der Waals surface area contributed by atoms with E-state index in [0.717, 1.165) is 31.5 Å². The molecule has 1 saturated heterocycles. The standard InChI is InChI=1S/C16H24N2O4S/c1-17(2)23(20,21)15-6-4-5-13(11-15)12-18-9-7-14(8-10-18)16(19)22-3/h4-6,11,14H,7-10,12H2,1-3H3. The number of hydrogen-bond donors (Lipinski definition) is 0. The monoisotopic (exact) mass is 340 g/mol. The molecule has 0 saturated carbocycles. The maximum Gasteiger partial charge on any atom is 0.308 e. The molecule has 0 aliphatic carbocycles. The lowest BCUT2D eigenvalue weighted by molar-refractivity contribution is -0.147. The summed E-state index contributed by atoms with van der Waals surface area (Å²) in [7, 11) is 1.07. The van der Waals surface area contributed by atoms with Gasteiger partial charge in [0.15, 0.2) is 0 Å². The highest BCUT2D eigenvalue weighted by atomic mass is 32.2. The summed E-state index contributed by atoms with van der Waals surface area (Å²) in [5.41, 5.74) is 0.962. The number of nitrogens with zero attached hydrogens (tertiary/aromatic N) is 2. The Morgan fingerprint density at radius 2 is 1.96 bits per heavy atom. The van der Waals surface area contributed by atoms with E-state index >= 15 is 0 Å². The first kappa shape index (κ1) is 17.9. The summed E-state index contributed by atoms with van der Waals surface area (Å²) in [5, 5.41) is 0. The number of sulfonamides is 1. The van der Waals surface area contributed by atoms with E-state index in [9.17, 15) is 13.2 Å². The molecule has 0 aromatic heterocycles. The van der Waals surface area contributed by atoms with Gasteiger partial charge in [-0.2, -0.15) is 0 Å². The van der Waals surface area contributed by atoms with Gasteiger partial charge in [0.1, 0.15) is 0 Å². The predicted molar refractivity (Wildman–Crippen MR) is 87.3 cm³/mol. The normalized spacial score (nSPS) is 17.4. The van der Waals surface area contributed by atoms with Crippen LogP contribution >= 0.6 is 0 Å². The summed E-state index contributed by atoms with van der Waals surface area (Å²) in [5.74, 6) is -0.152. The molecule has 0 bridgehead atoms. The molecule has 7 heteroatoms. The first-order chi connectivity index (χ1) is 10.8. The van der Waals surface area contributed by atoms with Crippen molar-refractivity contribution in [3.05, 3.63) is 29.8 Å². The fourth-order valence-corrected chi connectivity index (χ4v) is 3.74. The van der Waals surface area contributed by atoms with Crippen molar-refractivity contribution in [1.29, 1.82) is 0 Å². The molecular weight excluding hydrogens is 316 g/mol. The van der Waals surface area contributed by atoms with Crippen LogP contribution in [-0.4, -0.2) is 57.9 Å². The van der Waals surface area contributed by atoms with E-state index in [0.29, 0.717) is 11.4 Å². The van der Waals surface area contributed by atoms with Gasteiger partial charge in [-0.15, -0.1) is 0 Å². The molecule has 1 aromatic rings. The lowest BCUT2D eigenvalue weighted by atomic mass is 9.97. The molecule has 23 heavy (non-hydrogen) atoms. The van der Waals surface area contributed by atoms with E-state index in [-0.39, 0.29) is 11.9 Å². The van der Waals surface area contributed by atoms with Gasteiger partial charge in [0, 0.05) is 20.6 Å². The Morgan fingerprint density at radius 3 is 2.52 bits per heavy atom. The van der Waals surface area contributed by atoms with E-state index in [4.69, 9.17) is 4.74 Å². The number of benzene rings is 1. The second-order valence-electron chi connectivity index (χ2n) is 6.01. The van der Waals surface area contributed by atoms with Crippen LogP contribution in [0.3, 0.4) is 0 Å². The minimum absolute atomic E-state index is 0.0169. The van der Waals surface area contributed by atoms with Crippen LogP contribution in [-0.2, 0) is 26.1 Å². The van der Waals surface area contributed by atoms with Crippen LogP contribution in [0.1, 0.15) is 18.4 Å². The van der Waals surface area contributed by atoms with E-state index in [1.165, 1.54) is 25.5 Å². The van der Waals surface area contributed by atoms with Crippen molar-refractivity contribution < 1.29 is 17.9 Å². The summed E-state index contributed by atoms with van der Waals surface area (Å²) >= 11 is 0. The summed E-state index contributed by atoms with van der Waals surface area (Å²) in [6.07, 6.45) is 1.56. The Kier molecular flexibility index (Phi) is 5.78. The molecule has 1 fully saturated rings. The minimum Gasteiger partial charge on any atom is -0.469 e. The Hall–Kier alpha value is -1.44. The van der Waals surface area contributed by atoms with Crippen LogP contribution in [0, 0.1) is 5.92 Å². The molecule has 1 heterocycles. The zero-order chi connectivity index (χ0) is 17.0. The van der Waals surface area contributed by atoms with Gasteiger partial charge in [-0.25, -0.2) is 12.7 Å². The zero-order valence-electron chi connectivity index (χ0n) is 13.9. The number of rotatable bonds is 5.